The van der Waals surface area contributed by atoms with Gasteiger partial charge in [0.2, 0.25) is 0 Å². The molecule has 1 aliphatic carbocycles. The first-order chi connectivity index (χ1) is 6.70. The van der Waals surface area contributed by atoms with E-state index in [0.717, 1.165) is 17.3 Å². The van der Waals surface area contributed by atoms with E-state index in [0.29, 0.717) is 10.6 Å². The summed E-state index contributed by atoms with van der Waals surface area (Å²) in [5, 5.41) is 0.552. The number of halogens is 2. The first kappa shape index (κ1) is 10.2. The van der Waals surface area contributed by atoms with Gasteiger partial charge in [-0.3, -0.25) is 4.79 Å². The molecule has 0 unspecified atom stereocenters. The summed E-state index contributed by atoms with van der Waals surface area (Å²) in [5.74, 6) is 0.389. The molecule has 1 aromatic carbocycles. The van der Waals surface area contributed by atoms with Crippen molar-refractivity contribution in [2.45, 2.75) is 19.3 Å². The van der Waals surface area contributed by atoms with Crippen LogP contribution in [0.15, 0.2) is 22.7 Å². The molecule has 0 aromatic heterocycles. The SMILES string of the molecule is O=C(c1c(Cl)cccc1Br)C1CCC1. The van der Waals surface area contributed by atoms with Crippen molar-refractivity contribution >= 4 is 33.3 Å². The number of hydrogen-bond acceptors (Lipinski definition) is 1. The topological polar surface area (TPSA) is 17.1 Å². The number of carbonyl (C=O) groups is 1. The number of benzene rings is 1. The number of carbonyl (C=O) groups excluding carboxylic acids is 1. The fraction of sp³-hybridized carbons (Fsp3) is 0.364. The number of Topliss-reactive ketones (excluding diaryl/α,β-unsaturated/α-hetero) is 1. The largest absolute Gasteiger partial charge is 0.294 e. The quantitative estimate of drug-likeness (QED) is 0.742. The first-order valence-electron chi connectivity index (χ1n) is 4.68. The molecule has 0 radical (unpaired) electrons. The molecule has 0 aliphatic heterocycles. The molecule has 1 nitrogen and oxygen atoms in total. The van der Waals surface area contributed by atoms with E-state index in [9.17, 15) is 4.79 Å². The molecule has 0 heterocycles. The molecule has 0 N–H and O–H groups in total. The average molecular weight is 274 g/mol. The second kappa shape index (κ2) is 4.03. The zero-order valence-electron chi connectivity index (χ0n) is 7.59. The lowest BCUT2D eigenvalue weighted by atomic mass is 9.80. The number of rotatable bonds is 2. The zero-order valence-corrected chi connectivity index (χ0v) is 9.94. The van der Waals surface area contributed by atoms with Gasteiger partial charge < -0.3 is 0 Å². The van der Waals surface area contributed by atoms with Gasteiger partial charge in [0.1, 0.15) is 0 Å². The molecule has 0 bridgehead atoms. The van der Waals surface area contributed by atoms with Crippen LogP contribution in [-0.2, 0) is 0 Å². The Hall–Kier alpha value is -0.340. The Balaban J connectivity index is 2.34. The monoisotopic (exact) mass is 272 g/mol. The predicted molar refractivity (Wildman–Crippen MR) is 60.8 cm³/mol. The van der Waals surface area contributed by atoms with Crippen molar-refractivity contribution in [2.24, 2.45) is 5.92 Å². The maximum atomic E-state index is 12.0. The third-order valence-corrected chi connectivity index (χ3v) is 3.66. The zero-order chi connectivity index (χ0) is 10.1. The summed E-state index contributed by atoms with van der Waals surface area (Å²) >= 11 is 9.36. The van der Waals surface area contributed by atoms with Crippen molar-refractivity contribution in [2.75, 3.05) is 0 Å². The van der Waals surface area contributed by atoms with Gasteiger partial charge in [-0.1, -0.05) is 24.1 Å². The number of hydrogen-bond donors (Lipinski definition) is 0. The average Bonchev–Trinajstić information content (AvgIpc) is 2.00. The molecule has 0 amide bonds. The highest BCUT2D eigenvalue weighted by Crippen LogP contribution is 2.34. The van der Waals surface area contributed by atoms with Crippen molar-refractivity contribution in [3.05, 3.63) is 33.3 Å². The summed E-state index contributed by atoms with van der Waals surface area (Å²) < 4.78 is 0.807. The van der Waals surface area contributed by atoms with Gasteiger partial charge in [-0.15, -0.1) is 0 Å². The molecule has 1 saturated carbocycles. The molecule has 3 heteroatoms. The Kier molecular flexibility index (Phi) is 2.93. The molecule has 74 valence electrons. The summed E-state index contributed by atoms with van der Waals surface area (Å²) in [6, 6.07) is 5.46. The fourth-order valence-electron chi connectivity index (χ4n) is 1.61. The molecule has 14 heavy (non-hydrogen) atoms. The Labute approximate surface area is 96.6 Å². The molecule has 0 spiro atoms. The molecular weight excluding hydrogens is 263 g/mol. The maximum absolute atomic E-state index is 12.0. The maximum Gasteiger partial charge on any atom is 0.168 e. The van der Waals surface area contributed by atoms with Gasteiger partial charge in [0.25, 0.3) is 0 Å². The van der Waals surface area contributed by atoms with Crippen LogP contribution in [0.4, 0.5) is 0 Å². The molecule has 0 atom stereocenters. The predicted octanol–water partition coefficient (Wildman–Crippen LogP) is 4.09. The smallest absolute Gasteiger partial charge is 0.168 e. The van der Waals surface area contributed by atoms with Crippen LogP contribution < -0.4 is 0 Å². The Morgan fingerprint density at radius 1 is 1.43 bits per heavy atom. The van der Waals surface area contributed by atoms with E-state index in [1.54, 1.807) is 6.07 Å². The Morgan fingerprint density at radius 3 is 2.64 bits per heavy atom. The van der Waals surface area contributed by atoms with Crippen LogP contribution in [0.25, 0.3) is 0 Å². The van der Waals surface area contributed by atoms with Crippen molar-refractivity contribution in [3.63, 3.8) is 0 Å². The van der Waals surface area contributed by atoms with E-state index >= 15 is 0 Å². The van der Waals surface area contributed by atoms with Crippen LogP contribution in [0.3, 0.4) is 0 Å². The van der Waals surface area contributed by atoms with Gasteiger partial charge >= 0.3 is 0 Å². The minimum atomic E-state index is 0.189. The molecule has 1 aromatic rings. The van der Waals surface area contributed by atoms with Crippen LogP contribution in [0.1, 0.15) is 29.6 Å². The minimum Gasteiger partial charge on any atom is -0.294 e. The van der Waals surface area contributed by atoms with Crippen LogP contribution in [0.5, 0.6) is 0 Å². The second-order valence-electron chi connectivity index (χ2n) is 3.59. The second-order valence-corrected chi connectivity index (χ2v) is 4.85. The third kappa shape index (κ3) is 1.73. The van der Waals surface area contributed by atoms with E-state index in [1.165, 1.54) is 6.42 Å². The van der Waals surface area contributed by atoms with Crippen LogP contribution in [0.2, 0.25) is 5.02 Å². The lowest BCUT2D eigenvalue weighted by Gasteiger charge is -2.24. The van der Waals surface area contributed by atoms with Crippen LogP contribution in [-0.4, -0.2) is 5.78 Å². The van der Waals surface area contributed by atoms with E-state index in [-0.39, 0.29) is 11.7 Å². The molecule has 0 saturated heterocycles. The summed E-state index contributed by atoms with van der Waals surface area (Å²) in [4.78, 5) is 12.0. The van der Waals surface area contributed by atoms with Gasteiger partial charge in [0.15, 0.2) is 5.78 Å². The summed E-state index contributed by atoms with van der Waals surface area (Å²) in [7, 11) is 0. The van der Waals surface area contributed by atoms with Gasteiger partial charge in [0.05, 0.1) is 10.6 Å². The summed E-state index contributed by atoms with van der Waals surface area (Å²) in [5.41, 5.74) is 0.652. The molecule has 1 aliphatic rings. The van der Waals surface area contributed by atoms with E-state index in [1.807, 2.05) is 12.1 Å². The van der Waals surface area contributed by atoms with Crippen LogP contribution in [0, 0.1) is 5.92 Å². The number of ketones is 1. The van der Waals surface area contributed by atoms with E-state index in [4.69, 9.17) is 11.6 Å². The highest BCUT2D eigenvalue weighted by Gasteiger charge is 2.28. The molecule has 2 rings (SSSR count). The van der Waals surface area contributed by atoms with Crippen LogP contribution >= 0.6 is 27.5 Å². The highest BCUT2D eigenvalue weighted by molar-refractivity contribution is 9.10. The van der Waals surface area contributed by atoms with Gasteiger partial charge in [0, 0.05) is 10.4 Å². The third-order valence-electron chi connectivity index (χ3n) is 2.69. The summed E-state index contributed by atoms with van der Waals surface area (Å²) in [6.07, 6.45) is 3.19. The normalized spacial score (nSPS) is 16.4. The Bertz CT molecular complexity index is 351. The molecular formula is C11H10BrClO. The fourth-order valence-corrected chi connectivity index (χ4v) is 2.55. The minimum absolute atomic E-state index is 0.189. The lowest BCUT2D eigenvalue weighted by molar-refractivity contribution is 0.0854. The van der Waals surface area contributed by atoms with Crippen molar-refractivity contribution in [3.8, 4) is 0 Å². The summed E-state index contributed by atoms with van der Waals surface area (Å²) in [6.45, 7) is 0. The first-order valence-corrected chi connectivity index (χ1v) is 5.85. The highest BCUT2D eigenvalue weighted by atomic mass is 79.9. The van der Waals surface area contributed by atoms with Gasteiger partial charge in [-0.2, -0.15) is 0 Å². The standard InChI is InChI=1S/C11H10BrClO/c12-8-5-2-6-9(13)10(8)11(14)7-3-1-4-7/h2,5-7H,1,3-4H2. The van der Waals surface area contributed by atoms with E-state index < -0.39 is 0 Å². The van der Waals surface area contributed by atoms with Gasteiger partial charge in [-0.25, -0.2) is 0 Å². The Morgan fingerprint density at radius 2 is 2.14 bits per heavy atom. The lowest BCUT2D eigenvalue weighted by Crippen LogP contribution is -2.22. The van der Waals surface area contributed by atoms with Crippen molar-refractivity contribution in [1.29, 1.82) is 0 Å². The van der Waals surface area contributed by atoms with Crippen molar-refractivity contribution < 1.29 is 4.79 Å². The van der Waals surface area contributed by atoms with E-state index in [2.05, 4.69) is 15.9 Å². The van der Waals surface area contributed by atoms with Crippen molar-refractivity contribution in [1.82, 2.24) is 0 Å². The molecule has 1 fully saturated rings. The van der Waals surface area contributed by atoms with Gasteiger partial charge in [-0.05, 0) is 40.9 Å².